The van der Waals surface area contributed by atoms with E-state index in [4.69, 9.17) is 14.9 Å². The molecule has 2 amide bonds. The molecule has 0 bridgehead atoms. The summed E-state index contributed by atoms with van der Waals surface area (Å²) in [6, 6.07) is 2.25. The summed E-state index contributed by atoms with van der Waals surface area (Å²) in [5.41, 5.74) is 2.18. The van der Waals surface area contributed by atoms with Gasteiger partial charge in [0.15, 0.2) is 23.1 Å². The maximum atomic E-state index is 15.1. The molecule has 1 aliphatic heterocycles. The minimum atomic E-state index is -0.993. The fourth-order valence-electron chi connectivity index (χ4n) is 3.71. The number of aromatic nitrogens is 1. The third-order valence-corrected chi connectivity index (χ3v) is 5.38. The maximum Gasteiger partial charge on any atom is 0.329 e. The van der Waals surface area contributed by atoms with Crippen molar-refractivity contribution in [1.82, 2.24) is 4.98 Å². The van der Waals surface area contributed by atoms with E-state index in [1.54, 1.807) is 26.1 Å². The molecule has 3 rings (SSSR count). The summed E-state index contributed by atoms with van der Waals surface area (Å²) in [5.74, 6) is -0.623. The molecule has 0 aliphatic carbocycles. The van der Waals surface area contributed by atoms with Gasteiger partial charge in [0, 0.05) is 35.7 Å². The highest BCUT2D eigenvalue weighted by Gasteiger charge is 2.36. The number of allylic oxidation sites excluding steroid dienone is 1. The third-order valence-electron chi connectivity index (χ3n) is 5.38. The number of methoxy groups -OCH3 is 2. The van der Waals surface area contributed by atoms with Gasteiger partial charge in [-0.15, -0.1) is 5.98 Å². The molecule has 33 heavy (non-hydrogen) atoms. The number of halogens is 2. The highest BCUT2D eigenvalue weighted by Crippen LogP contribution is 2.41. The molecular formula is C23H26BF2N4O3. The number of rotatable bonds is 8. The van der Waals surface area contributed by atoms with Gasteiger partial charge < -0.3 is 14.9 Å². The SMILES string of the molecule is CC[B]/C=C(\C(C)=N)c1cc2c(cn1)CN(c1c(F)c(OC)cc(OC)c1F)C(=O)N2CC. The zero-order chi connectivity index (χ0) is 24.3. The van der Waals surface area contributed by atoms with E-state index < -0.39 is 23.4 Å². The molecule has 7 nitrogen and oxygen atoms in total. The number of amides is 2. The largest absolute Gasteiger partial charge is 0.493 e. The fraction of sp³-hybridized carbons (Fsp3) is 0.348. The van der Waals surface area contributed by atoms with Crippen LogP contribution in [0.5, 0.6) is 11.5 Å². The number of benzene rings is 1. The van der Waals surface area contributed by atoms with Gasteiger partial charge >= 0.3 is 6.03 Å². The first-order chi connectivity index (χ1) is 15.8. The summed E-state index contributed by atoms with van der Waals surface area (Å²) in [6.45, 7) is 5.60. The summed E-state index contributed by atoms with van der Waals surface area (Å²) in [5, 5.41) is 8.09. The highest BCUT2D eigenvalue weighted by atomic mass is 19.1. The van der Waals surface area contributed by atoms with Crippen LogP contribution >= 0.6 is 0 Å². The van der Waals surface area contributed by atoms with Gasteiger partial charge in [0.25, 0.3) is 0 Å². The van der Waals surface area contributed by atoms with E-state index in [1.807, 2.05) is 20.2 Å². The zero-order valence-electron chi connectivity index (χ0n) is 19.3. The molecule has 1 radical (unpaired) electrons. The van der Waals surface area contributed by atoms with Crippen molar-refractivity contribution in [3.05, 3.63) is 47.2 Å². The van der Waals surface area contributed by atoms with Gasteiger partial charge in [0.2, 0.25) is 0 Å². The van der Waals surface area contributed by atoms with Gasteiger partial charge in [0.05, 0.1) is 32.1 Å². The number of anilines is 2. The standard InChI is InChI=1S/C23H26BF2N4O3/c1-6-24-10-15(13(3)27)16-8-17-14(11-28-16)12-30(23(31)29(17)7-2)22-20(25)18(32-4)9-19(33-5)21(22)26/h8-11,27H,6-7,12H2,1-5H3/b15-10+,27-13?. The molecule has 173 valence electrons. The van der Waals surface area contributed by atoms with Crippen LogP contribution in [0.4, 0.5) is 25.0 Å². The van der Waals surface area contributed by atoms with Gasteiger partial charge in [0.1, 0.15) is 13.0 Å². The summed E-state index contributed by atoms with van der Waals surface area (Å²) >= 11 is 0. The molecule has 0 atom stereocenters. The van der Waals surface area contributed by atoms with Crippen LogP contribution in [0.3, 0.4) is 0 Å². The van der Waals surface area contributed by atoms with Crippen molar-refractivity contribution in [2.75, 3.05) is 30.6 Å². The number of carbonyl (C=O) groups is 1. The molecule has 10 heteroatoms. The summed E-state index contributed by atoms with van der Waals surface area (Å²) in [7, 11) is 4.44. The molecule has 1 aliphatic rings. The Balaban J connectivity index is 2.13. The maximum absolute atomic E-state index is 15.1. The molecule has 0 fully saturated rings. The second kappa shape index (κ2) is 10.0. The van der Waals surface area contributed by atoms with Gasteiger partial charge in [-0.2, -0.15) is 0 Å². The van der Waals surface area contributed by atoms with E-state index in [2.05, 4.69) is 4.98 Å². The predicted molar refractivity (Wildman–Crippen MR) is 126 cm³/mol. The number of hydrogen-bond donors (Lipinski definition) is 1. The summed E-state index contributed by atoms with van der Waals surface area (Å²) in [4.78, 5) is 20.3. The molecule has 1 aromatic heterocycles. The first-order valence-corrected chi connectivity index (χ1v) is 10.6. The summed E-state index contributed by atoms with van der Waals surface area (Å²) in [6.07, 6.45) is 2.38. The molecule has 0 saturated carbocycles. The Morgan fingerprint density at radius 1 is 1.21 bits per heavy atom. The van der Waals surface area contributed by atoms with Crippen molar-refractivity contribution in [1.29, 1.82) is 5.41 Å². The van der Waals surface area contributed by atoms with Gasteiger partial charge in [-0.3, -0.25) is 14.8 Å². The molecule has 1 aromatic carbocycles. The second-order valence-electron chi connectivity index (χ2n) is 7.42. The van der Waals surface area contributed by atoms with Gasteiger partial charge in [-0.1, -0.05) is 13.2 Å². The van der Waals surface area contributed by atoms with E-state index in [0.717, 1.165) is 17.3 Å². The van der Waals surface area contributed by atoms with Crippen molar-refractivity contribution in [3.8, 4) is 11.5 Å². The third kappa shape index (κ3) is 4.42. The Labute approximate surface area is 192 Å². The van der Waals surface area contributed by atoms with Crippen LogP contribution in [-0.4, -0.2) is 44.8 Å². The molecule has 1 N–H and O–H groups in total. The van der Waals surface area contributed by atoms with Crippen molar-refractivity contribution in [2.24, 2.45) is 0 Å². The van der Waals surface area contributed by atoms with Crippen molar-refractivity contribution in [3.63, 3.8) is 0 Å². The van der Waals surface area contributed by atoms with Crippen LogP contribution in [0.1, 0.15) is 32.0 Å². The molecule has 2 heterocycles. The Hall–Kier alpha value is -3.43. The van der Waals surface area contributed by atoms with Crippen LogP contribution in [0.2, 0.25) is 6.32 Å². The van der Waals surface area contributed by atoms with Crippen LogP contribution in [0.25, 0.3) is 5.57 Å². The Morgan fingerprint density at radius 3 is 2.36 bits per heavy atom. The molecule has 2 aromatic rings. The van der Waals surface area contributed by atoms with Crippen LogP contribution in [0, 0.1) is 17.0 Å². The summed E-state index contributed by atoms with van der Waals surface area (Å²) < 4.78 is 40.2. The number of nitrogens with one attached hydrogen (secondary N) is 1. The Morgan fingerprint density at radius 2 is 1.85 bits per heavy atom. The lowest BCUT2D eigenvalue weighted by molar-refractivity contribution is 0.249. The number of fused-ring (bicyclic) bond motifs is 1. The highest BCUT2D eigenvalue weighted by molar-refractivity contribution is 6.47. The number of pyridine rings is 1. The molecule has 0 saturated heterocycles. The molecule has 0 spiro atoms. The lowest BCUT2D eigenvalue weighted by Gasteiger charge is -2.37. The number of hydrogen-bond acceptors (Lipinski definition) is 5. The second-order valence-corrected chi connectivity index (χ2v) is 7.42. The first-order valence-electron chi connectivity index (χ1n) is 10.6. The zero-order valence-corrected chi connectivity index (χ0v) is 19.3. The normalized spacial score (nSPS) is 13.7. The van der Waals surface area contributed by atoms with E-state index in [9.17, 15) is 4.79 Å². The van der Waals surface area contributed by atoms with Crippen LogP contribution < -0.4 is 19.3 Å². The van der Waals surface area contributed by atoms with Crippen molar-refractivity contribution >= 4 is 36.0 Å². The number of ether oxygens (including phenoxy) is 2. The van der Waals surface area contributed by atoms with Crippen LogP contribution in [-0.2, 0) is 6.54 Å². The van der Waals surface area contributed by atoms with Crippen molar-refractivity contribution in [2.45, 2.75) is 33.6 Å². The van der Waals surface area contributed by atoms with Gasteiger partial charge in [-0.05, 0) is 19.9 Å². The fourth-order valence-corrected chi connectivity index (χ4v) is 3.71. The number of nitrogens with zero attached hydrogens (tertiary/aromatic N) is 3. The molecular weight excluding hydrogens is 429 g/mol. The average Bonchev–Trinajstić information content (AvgIpc) is 2.80. The lowest BCUT2D eigenvalue weighted by atomic mass is 9.73. The van der Waals surface area contributed by atoms with E-state index in [1.165, 1.54) is 19.1 Å². The Kier molecular flexibility index (Phi) is 7.35. The predicted octanol–water partition coefficient (Wildman–Crippen LogP) is 4.87. The van der Waals surface area contributed by atoms with Crippen molar-refractivity contribution < 1.29 is 23.0 Å². The van der Waals surface area contributed by atoms with E-state index >= 15 is 8.78 Å². The smallest absolute Gasteiger partial charge is 0.329 e. The monoisotopic (exact) mass is 455 g/mol. The van der Waals surface area contributed by atoms with E-state index in [0.29, 0.717) is 28.2 Å². The average molecular weight is 455 g/mol. The van der Waals surface area contributed by atoms with Crippen LogP contribution in [0.15, 0.2) is 24.3 Å². The minimum Gasteiger partial charge on any atom is -0.493 e. The van der Waals surface area contributed by atoms with Gasteiger partial charge in [-0.25, -0.2) is 13.6 Å². The number of carbonyl (C=O) groups excluding carboxylic acids is 1. The minimum absolute atomic E-state index is 0.0915. The Bertz CT molecular complexity index is 1100. The molecule has 0 unspecified atom stereocenters. The van der Waals surface area contributed by atoms with E-state index in [-0.39, 0.29) is 24.6 Å². The quantitative estimate of drug-likeness (QED) is 0.455. The first kappa shape index (κ1) is 24.2. The topological polar surface area (TPSA) is 78.8 Å². The lowest BCUT2D eigenvalue weighted by Crippen LogP contribution is -2.48. The number of urea groups is 1.